The molecule has 1 saturated carbocycles. The van der Waals surface area contributed by atoms with Gasteiger partial charge in [-0.2, -0.15) is 0 Å². The van der Waals surface area contributed by atoms with Crippen molar-refractivity contribution in [2.45, 2.75) is 44.5 Å². The van der Waals surface area contributed by atoms with Crippen molar-refractivity contribution < 1.29 is 19.7 Å². The molecule has 0 aromatic rings. The maximum Gasteiger partial charge on any atom is 0.334 e. The molecule has 6 atom stereocenters. The van der Waals surface area contributed by atoms with Gasteiger partial charge in [0.05, 0.1) is 17.6 Å². The maximum absolute atomic E-state index is 11.7. The molecule has 4 heteroatoms. The first-order chi connectivity index (χ1) is 8.83. The normalized spacial score (nSPS) is 49.3. The third kappa shape index (κ3) is 1.70. The molecule has 104 valence electrons. The van der Waals surface area contributed by atoms with Gasteiger partial charge in [-0.15, -0.1) is 0 Å². The quantitative estimate of drug-likeness (QED) is 0.392. The number of esters is 1. The molecule has 0 amide bonds. The third-order valence-corrected chi connectivity index (χ3v) is 5.10. The molecule has 1 heterocycles. The Balaban J connectivity index is 2.06. The lowest BCUT2D eigenvalue weighted by atomic mass is 9.76. The summed E-state index contributed by atoms with van der Waals surface area (Å²) >= 11 is 0. The fraction of sp³-hybridized carbons (Fsp3) is 0.667. The van der Waals surface area contributed by atoms with Crippen molar-refractivity contribution in [3.8, 4) is 0 Å². The number of carbonyl (C=O) groups excluding carboxylic acids is 1. The van der Waals surface area contributed by atoms with Crippen LogP contribution in [0, 0.1) is 17.8 Å². The minimum absolute atomic E-state index is 0.00384. The van der Waals surface area contributed by atoms with E-state index in [1.54, 1.807) is 6.92 Å². The van der Waals surface area contributed by atoms with Crippen molar-refractivity contribution in [2.75, 3.05) is 0 Å². The SMILES string of the molecule is C=C1C(=O)O[C@H]2[C@H]1[C@H](O)C[C@@](C)(O)[C@@H]1CC=C(C)[C@@H]21. The number of carbonyl (C=O) groups is 1. The van der Waals surface area contributed by atoms with Crippen LogP contribution in [0.1, 0.15) is 26.7 Å². The molecule has 0 spiro atoms. The molecule has 0 aromatic heterocycles. The van der Waals surface area contributed by atoms with Gasteiger partial charge in [-0.05, 0) is 20.3 Å². The Morgan fingerprint density at radius 2 is 2.16 bits per heavy atom. The Labute approximate surface area is 112 Å². The Bertz CT molecular complexity index is 477. The fourth-order valence-electron chi connectivity index (χ4n) is 4.10. The molecular weight excluding hydrogens is 244 g/mol. The van der Waals surface area contributed by atoms with Gasteiger partial charge in [0, 0.05) is 23.8 Å². The highest BCUT2D eigenvalue weighted by Gasteiger charge is 2.57. The standard InChI is InChI=1S/C15H20O4/c1-7-4-5-9-11(7)13-12(8(2)14(17)19-13)10(16)6-15(9,3)18/h4,9-13,16,18H,2,5-6H2,1,3H3/t9-,10-,11-,12-,13-,15-/m1/s1. The summed E-state index contributed by atoms with van der Waals surface area (Å²) in [5, 5.41) is 21.0. The van der Waals surface area contributed by atoms with E-state index < -0.39 is 23.6 Å². The van der Waals surface area contributed by atoms with Crippen molar-refractivity contribution in [2.24, 2.45) is 17.8 Å². The average molecular weight is 264 g/mol. The molecular formula is C15H20O4. The number of allylic oxidation sites excluding steroid dienone is 1. The Morgan fingerprint density at radius 1 is 1.47 bits per heavy atom. The van der Waals surface area contributed by atoms with E-state index in [9.17, 15) is 15.0 Å². The van der Waals surface area contributed by atoms with E-state index in [1.807, 2.05) is 6.92 Å². The van der Waals surface area contributed by atoms with Crippen LogP contribution in [0.4, 0.5) is 0 Å². The molecule has 0 radical (unpaired) electrons. The lowest BCUT2D eigenvalue weighted by molar-refractivity contribution is -0.142. The van der Waals surface area contributed by atoms with Gasteiger partial charge >= 0.3 is 5.97 Å². The zero-order valence-corrected chi connectivity index (χ0v) is 11.3. The average Bonchev–Trinajstić information content (AvgIpc) is 2.78. The van der Waals surface area contributed by atoms with Crippen molar-refractivity contribution in [1.82, 2.24) is 0 Å². The Morgan fingerprint density at radius 3 is 2.84 bits per heavy atom. The van der Waals surface area contributed by atoms with E-state index in [-0.39, 0.29) is 24.4 Å². The smallest absolute Gasteiger partial charge is 0.334 e. The van der Waals surface area contributed by atoms with Crippen LogP contribution in [0.5, 0.6) is 0 Å². The van der Waals surface area contributed by atoms with Gasteiger partial charge in [-0.1, -0.05) is 18.2 Å². The summed E-state index contributed by atoms with van der Waals surface area (Å²) < 4.78 is 5.46. The van der Waals surface area contributed by atoms with Crippen LogP contribution >= 0.6 is 0 Å². The number of fused-ring (bicyclic) bond motifs is 3. The second-order valence-corrected chi connectivity index (χ2v) is 6.37. The predicted molar refractivity (Wildman–Crippen MR) is 69.1 cm³/mol. The van der Waals surface area contributed by atoms with Gasteiger partial charge in [0.1, 0.15) is 6.10 Å². The van der Waals surface area contributed by atoms with Gasteiger partial charge in [0.15, 0.2) is 0 Å². The van der Waals surface area contributed by atoms with Crippen molar-refractivity contribution in [3.63, 3.8) is 0 Å². The number of hydrogen-bond donors (Lipinski definition) is 2. The monoisotopic (exact) mass is 264 g/mol. The van der Waals surface area contributed by atoms with E-state index in [0.717, 1.165) is 12.0 Å². The molecule has 1 saturated heterocycles. The number of aliphatic hydroxyl groups excluding tert-OH is 1. The van der Waals surface area contributed by atoms with Crippen LogP contribution in [0.25, 0.3) is 0 Å². The minimum atomic E-state index is -0.949. The molecule has 2 aliphatic carbocycles. The van der Waals surface area contributed by atoms with Crippen molar-refractivity contribution in [3.05, 3.63) is 23.8 Å². The summed E-state index contributed by atoms with van der Waals surface area (Å²) in [5.41, 5.74) is 0.528. The second-order valence-electron chi connectivity index (χ2n) is 6.37. The molecule has 3 aliphatic rings. The van der Waals surface area contributed by atoms with Crippen molar-refractivity contribution in [1.29, 1.82) is 0 Å². The molecule has 2 fully saturated rings. The first kappa shape index (κ1) is 12.9. The number of rotatable bonds is 0. The molecule has 0 aromatic carbocycles. The van der Waals surface area contributed by atoms with Gasteiger partial charge in [0.2, 0.25) is 0 Å². The number of hydrogen-bond acceptors (Lipinski definition) is 4. The molecule has 19 heavy (non-hydrogen) atoms. The van der Waals surface area contributed by atoms with E-state index in [4.69, 9.17) is 4.74 Å². The summed E-state index contributed by atoms with van der Waals surface area (Å²) in [6.07, 6.45) is 1.97. The lowest BCUT2D eigenvalue weighted by Gasteiger charge is -2.34. The highest BCUT2D eigenvalue weighted by Crippen LogP contribution is 2.51. The van der Waals surface area contributed by atoms with Gasteiger partial charge < -0.3 is 14.9 Å². The van der Waals surface area contributed by atoms with E-state index >= 15 is 0 Å². The predicted octanol–water partition coefficient (Wildman–Crippen LogP) is 1.18. The van der Waals surface area contributed by atoms with E-state index in [2.05, 4.69) is 12.7 Å². The van der Waals surface area contributed by atoms with E-state index in [1.165, 1.54) is 0 Å². The molecule has 2 N–H and O–H groups in total. The first-order valence-electron chi connectivity index (χ1n) is 6.80. The van der Waals surface area contributed by atoms with E-state index in [0.29, 0.717) is 5.57 Å². The van der Waals surface area contributed by atoms with Gasteiger partial charge in [0.25, 0.3) is 0 Å². The summed E-state index contributed by atoms with van der Waals surface area (Å²) in [6.45, 7) is 7.54. The topological polar surface area (TPSA) is 66.8 Å². The van der Waals surface area contributed by atoms with Crippen molar-refractivity contribution >= 4 is 5.97 Å². The third-order valence-electron chi connectivity index (χ3n) is 5.10. The first-order valence-corrected chi connectivity index (χ1v) is 6.80. The lowest BCUT2D eigenvalue weighted by Crippen LogP contribution is -2.40. The van der Waals surface area contributed by atoms with Gasteiger partial charge in [-0.25, -0.2) is 4.79 Å². The molecule has 0 bridgehead atoms. The van der Waals surface area contributed by atoms with Crippen LogP contribution in [-0.4, -0.2) is 34.0 Å². The number of aliphatic hydroxyl groups is 2. The Kier molecular flexibility index (Phi) is 2.67. The zero-order chi connectivity index (χ0) is 13.9. The second kappa shape index (κ2) is 3.93. The highest BCUT2D eigenvalue weighted by atomic mass is 16.6. The summed E-state index contributed by atoms with van der Waals surface area (Å²) in [6, 6.07) is 0. The van der Waals surface area contributed by atoms with Crippen LogP contribution in [-0.2, 0) is 9.53 Å². The molecule has 3 rings (SSSR count). The van der Waals surface area contributed by atoms with Crippen LogP contribution in [0.15, 0.2) is 23.8 Å². The molecule has 0 unspecified atom stereocenters. The highest BCUT2D eigenvalue weighted by molar-refractivity contribution is 5.91. The fourth-order valence-corrected chi connectivity index (χ4v) is 4.10. The summed E-state index contributed by atoms with van der Waals surface area (Å²) in [4.78, 5) is 11.7. The largest absolute Gasteiger partial charge is 0.458 e. The Hall–Kier alpha value is -1.13. The van der Waals surface area contributed by atoms with Crippen LogP contribution < -0.4 is 0 Å². The van der Waals surface area contributed by atoms with Crippen LogP contribution in [0.2, 0.25) is 0 Å². The molecule has 1 aliphatic heterocycles. The summed E-state index contributed by atoms with van der Waals surface area (Å²) in [5.74, 6) is -0.819. The zero-order valence-electron chi connectivity index (χ0n) is 11.3. The number of ether oxygens (including phenoxy) is 1. The minimum Gasteiger partial charge on any atom is -0.458 e. The maximum atomic E-state index is 11.7. The molecule has 4 nitrogen and oxygen atoms in total. The van der Waals surface area contributed by atoms with Crippen LogP contribution in [0.3, 0.4) is 0 Å². The summed E-state index contributed by atoms with van der Waals surface area (Å²) in [7, 11) is 0. The van der Waals surface area contributed by atoms with Gasteiger partial charge in [-0.3, -0.25) is 0 Å².